The monoisotopic (exact) mass is 645 g/mol. The molecule has 0 atom stereocenters. The van der Waals surface area contributed by atoms with Gasteiger partial charge in [-0.15, -0.1) is 0 Å². The molecule has 0 N–H and O–H groups in total. The number of rotatable bonds is 4. The second-order valence-electron chi connectivity index (χ2n) is 15.8. The van der Waals surface area contributed by atoms with Crippen LogP contribution in [0.2, 0.25) is 0 Å². The van der Waals surface area contributed by atoms with Crippen molar-refractivity contribution < 1.29 is 0 Å². The Hall–Kier alpha value is -5.40. The molecule has 0 spiro atoms. The summed E-state index contributed by atoms with van der Waals surface area (Å²) in [5.41, 5.74) is 16.7. The lowest BCUT2D eigenvalue weighted by atomic mass is 9.55. The first-order valence-electron chi connectivity index (χ1n) is 17.9. The SMILES string of the molecule is CC1(C)c2cc(N(c3ccc(-c4ccccc4)cc3)c3ccc4c(c3)C(C)(C)C(C)(C)c3ccccc3-4)ccc2-c2c1ccc1ccccc21. The molecular weight excluding hydrogens is 603 g/mol. The third-order valence-electron chi connectivity index (χ3n) is 12.4. The van der Waals surface area contributed by atoms with Gasteiger partial charge in [0, 0.05) is 22.5 Å². The molecule has 244 valence electrons. The van der Waals surface area contributed by atoms with Gasteiger partial charge in [0.2, 0.25) is 0 Å². The Morgan fingerprint density at radius 2 is 0.940 bits per heavy atom. The van der Waals surface area contributed by atoms with Gasteiger partial charge in [0.15, 0.2) is 0 Å². The Morgan fingerprint density at radius 1 is 0.380 bits per heavy atom. The zero-order valence-corrected chi connectivity index (χ0v) is 29.9. The molecule has 1 nitrogen and oxygen atoms in total. The lowest BCUT2D eigenvalue weighted by molar-refractivity contribution is 0.299. The van der Waals surface area contributed by atoms with Crippen LogP contribution in [0, 0.1) is 0 Å². The second kappa shape index (κ2) is 10.8. The van der Waals surface area contributed by atoms with Gasteiger partial charge < -0.3 is 4.90 Å². The molecule has 0 aliphatic heterocycles. The molecule has 9 rings (SSSR count). The van der Waals surface area contributed by atoms with Crippen LogP contribution >= 0.6 is 0 Å². The Balaban J connectivity index is 1.24. The molecule has 0 saturated carbocycles. The molecule has 0 amide bonds. The van der Waals surface area contributed by atoms with Gasteiger partial charge >= 0.3 is 0 Å². The van der Waals surface area contributed by atoms with E-state index in [1.54, 1.807) is 0 Å². The van der Waals surface area contributed by atoms with Gasteiger partial charge in [-0.05, 0) is 114 Å². The van der Waals surface area contributed by atoms with Crippen LogP contribution < -0.4 is 4.90 Å². The molecule has 2 aliphatic rings. The van der Waals surface area contributed by atoms with Crippen LogP contribution in [0.1, 0.15) is 63.8 Å². The Kier molecular flexibility index (Phi) is 6.62. The summed E-state index contributed by atoms with van der Waals surface area (Å²) in [6, 6.07) is 56.5. The molecule has 0 unspecified atom stereocenters. The first kappa shape index (κ1) is 30.6. The minimum absolute atomic E-state index is 0.0382. The molecule has 0 aromatic heterocycles. The zero-order valence-electron chi connectivity index (χ0n) is 29.9. The van der Waals surface area contributed by atoms with E-state index in [1.807, 2.05) is 0 Å². The van der Waals surface area contributed by atoms with Crippen LogP contribution in [0.15, 0.2) is 152 Å². The lowest BCUT2D eigenvalue weighted by Gasteiger charge is -2.48. The third kappa shape index (κ3) is 4.32. The fourth-order valence-electron chi connectivity index (χ4n) is 8.87. The van der Waals surface area contributed by atoms with Crippen molar-refractivity contribution in [2.75, 3.05) is 4.90 Å². The van der Waals surface area contributed by atoms with Crippen molar-refractivity contribution in [2.24, 2.45) is 0 Å². The summed E-state index contributed by atoms with van der Waals surface area (Å²) in [5, 5.41) is 2.62. The molecule has 0 bridgehead atoms. The van der Waals surface area contributed by atoms with Crippen LogP contribution in [-0.2, 0) is 16.2 Å². The summed E-state index contributed by atoms with van der Waals surface area (Å²) in [7, 11) is 0. The fourth-order valence-corrected chi connectivity index (χ4v) is 8.87. The second-order valence-corrected chi connectivity index (χ2v) is 15.8. The van der Waals surface area contributed by atoms with E-state index < -0.39 is 0 Å². The third-order valence-corrected chi connectivity index (χ3v) is 12.4. The lowest BCUT2D eigenvalue weighted by Crippen LogP contribution is -2.43. The number of benzene rings is 7. The maximum atomic E-state index is 2.47. The number of fused-ring (bicyclic) bond motifs is 8. The average Bonchev–Trinajstić information content (AvgIpc) is 3.37. The summed E-state index contributed by atoms with van der Waals surface area (Å²) in [5.74, 6) is 0. The minimum Gasteiger partial charge on any atom is -0.310 e. The normalized spacial score (nSPS) is 15.9. The first-order chi connectivity index (χ1) is 24.1. The van der Waals surface area contributed by atoms with Gasteiger partial charge in [-0.3, -0.25) is 0 Å². The Labute approximate surface area is 296 Å². The van der Waals surface area contributed by atoms with E-state index in [0.717, 1.165) is 5.69 Å². The molecule has 7 aromatic carbocycles. The van der Waals surface area contributed by atoms with Crippen molar-refractivity contribution >= 4 is 27.8 Å². The molecule has 0 radical (unpaired) electrons. The quantitative estimate of drug-likeness (QED) is 0.184. The molecule has 50 heavy (non-hydrogen) atoms. The van der Waals surface area contributed by atoms with Crippen molar-refractivity contribution in [1.82, 2.24) is 0 Å². The van der Waals surface area contributed by atoms with Gasteiger partial charge in [-0.1, -0.05) is 157 Å². The average molecular weight is 646 g/mol. The van der Waals surface area contributed by atoms with Gasteiger partial charge in [-0.2, -0.15) is 0 Å². The largest absolute Gasteiger partial charge is 0.310 e. The predicted octanol–water partition coefficient (Wildman–Crippen LogP) is 13.5. The highest BCUT2D eigenvalue weighted by Gasteiger charge is 2.46. The van der Waals surface area contributed by atoms with Crippen LogP contribution in [0.25, 0.3) is 44.2 Å². The smallest absolute Gasteiger partial charge is 0.0465 e. The topological polar surface area (TPSA) is 3.24 Å². The molecule has 0 heterocycles. The van der Waals surface area contributed by atoms with Gasteiger partial charge in [0.05, 0.1) is 0 Å². The van der Waals surface area contributed by atoms with Crippen molar-refractivity contribution in [3.8, 4) is 33.4 Å². The standard InChI is InChI=1S/C49H43N/c1-47(2)43-29-22-34-16-10-11-17-38(34)46(43)41-28-26-36(30-44(41)47)50(35-23-20-33(21-24-35)32-14-8-7-9-15-32)37-25-27-40-39-18-12-13-19-42(39)48(3,4)49(5,6)45(40)31-37/h7-31H,1-6H3. The summed E-state index contributed by atoms with van der Waals surface area (Å²) in [4.78, 5) is 2.47. The van der Waals surface area contributed by atoms with E-state index in [2.05, 4.69) is 198 Å². The molecule has 2 aliphatic carbocycles. The summed E-state index contributed by atoms with van der Waals surface area (Å²) in [6.45, 7) is 14.4. The predicted molar refractivity (Wildman–Crippen MR) is 213 cm³/mol. The Bertz CT molecular complexity index is 2440. The summed E-state index contributed by atoms with van der Waals surface area (Å²) < 4.78 is 0. The van der Waals surface area contributed by atoms with Crippen LogP contribution in [0.4, 0.5) is 17.1 Å². The van der Waals surface area contributed by atoms with Gasteiger partial charge in [0.25, 0.3) is 0 Å². The van der Waals surface area contributed by atoms with Crippen molar-refractivity contribution in [2.45, 2.75) is 57.8 Å². The fraction of sp³-hybridized carbons (Fsp3) is 0.184. The maximum Gasteiger partial charge on any atom is 0.0465 e. The highest BCUT2D eigenvalue weighted by molar-refractivity contribution is 6.03. The van der Waals surface area contributed by atoms with E-state index >= 15 is 0 Å². The van der Waals surface area contributed by atoms with Gasteiger partial charge in [0.1, 0.15) is 0 Å². The van der Waals surface area contributed by atoms with Crippen LogP contribution in [0.3, 0.4) is 0 Å². The molecule has 1 heteroatoms. The summed E-state index contributed by atoms with van der Waals surface area (Å²) in [6.07, 6.45) is 0. The number of anilines is 3. The van der Waals surface area contributed by atoms with E-state index in [0.29, 0.717) is 0 Å². The van der Waals surface area contributed by atoms with Crippen LogP contribution in [-0.4, -0.2) is 0 Å². The highest BCUT2D eigenvalue weighted by Crippen LogP contribution is 2.56. The number of hydrogen-bond acceptors (Lipinski definition) is 1. The molecule has 0 saturated heterocycles. The van der Waals surface area contributed by atoms with E-state index in [1.165, 1.54) is 77.8 Å². The van der Waals surface area contributed by atoms with E-state index in [9.17, 15) is 0 Å². The molecule has 7 aromatic rings. The van der Waals surface area contributed by atoms with Crippen molar-refractivity contribution in [3.05, 3.63) is 174 Å². The van der Waals surface area contributed by atoms with E-state index in [4.69, 9.17) is 0 Å². The first-order valence-corrected chi connectivity index (χ1v) is 17.9. The van der Waals surface area contributed by atoms with Crippen LogP contribution in [0.5, 0.6) is 0 Å². The number of nitrogens with zero attached hydrogens (tertiary/aromatic N) is 1. The van der Waals surface area contributed by atoms with Gasteiger partial charge in [-0.25, -0.2) is 0 Å². The zero-order chi connectivity index (χ0) is 34.4. The number of hydrogen-bond donors (Lipinski definition) is 0. The minimum atomic E-state index is -0.126. The van der Waals surface area contributed by atoms with E-state index in [-0.39, 0.29) is 16.2 Å². The highest BCUT2D eigenvalue weighted by atomic mass is 15.1. The van der Waals surface area contributed by atoms with Crippen molar-refractivity contribution in [3.63, 3.8) is 0 Å². The summed E-state index contributed by atoms with van der Waals surface area (Å²) >= 11 is 0. The molecule has 0 fully saturated rings. The molecular formula is C49H43N. The maximum absolute atomic E-state index is 2.47. The Morgan fingerprint density at radius 3 is 1.70 bits per heavy atom. The van der Waals surface area contributed by atoms with Crippen molar-refractivity contribution in [1.29, 1.82) is 0 Å².